The van der Waals surface area contributed by atoms with Crippen molar-refractivity contribution in [2.45, 2.75) is 50.1 Å². The van der Waals surface area contributed by atoms with Crippen molar-refractivity contribution >= 4 is 23.5 Å². The number of aromatic nitrogens is 2. The van der Waals surface area contributed by atoms with Gasteiger partial charge >= 0.3 is 0 Å². The van der Waals surface area contributed by atoms with E-state index in [0.717, 1.165) is 44.3 Å². The highest BCUT2D eigenvalue weighted by Gasteiger charge is 2.57. The minimum atomic E-state index is -0.255. The van der Waals surface area contributed by atoms with E-state index in [9.17, 15) is 14.9 Å². The first-order valence-corrected chi connectivity index (χ1v) is 15.1. The summed E-state index contributed by atoms with van der Waals surface area (Å²) in [5.74, 6) is 0.761. The predicted molar refractivity (Wildman–Crippen MR) is 162 cm³/mol. The second-order valence-corrected chi connectivity index (χ2v) is 12.6. The van der Waals surface area contributed by atoms with Gasteiger partial charge in [-0.2, -0.15) is 10.2 Å². The molecule has 0 bridgehead atoms. The molecule has 226 valence electrons. The van der Waals surface area contributed by atoms with Gasteiger partial charge in [-0.3, -0.25) is 9.59 Å². The third-order valence-corrected chi connectivity index (χ3v) is 9.94. The van der Waals surface area contributed by atoms with Crippen LogP contribution in [0.1, 0.15) is 70.4 Å². The summed E-state index contributed by atoms with van der Waals surface area (Å²) in [6.07, 6.45) is 7.64. The minimum Gasteiger partial charge on any atom is -0.495 e. The van der Waals surface area contributed by atoms with E-state index < -0.39 is 0 Å². The van der Waals surface area contributed by atoms with Crippen LogP contribution in [-0.2, 0) is 5.54 Å². The van der Waals surface area contributed by atoms with Crippen LogP contribution in [0.15, 0.2) is 42.6 Å². The molecule has 44 heavy (non-hydrogen) atoms. The predicted octanol–water partition coefficient (Wildman–Crippen LogP) is 4.57. The molecule has 2 N–H and O–H groups in total. The number of amides is 2. The Labute approximate surface area is 256 Å². The fourth-order valence-electron chi connectivity index (χ4n) is 7.09. The largest absolute Gasteiger partial charge is 0.495 e. The first-order chi connectivity index (χ1) is 21.2. The molecule has 0 radical (unpaired) electrons. The van der Waals surface area contributed by atoms with E-state index in [4.69, 9.17) is 9.47 Å². The number of hydrogen-bond donors (Lipinski definition) is 2. The van der Waals surface area contributed by atoms with Crippen LogP contribution in [0, 0.1) is 16.7 Å². The first kappa shape index (κ1) is 28.1. The number of nitriles is 1. The van der Waals surface area contributed by atoms with Gasteiger partial charge in [0.15, 0.2) is 0 Å². The summed E-state index contributed by atoms with van der Waals surface area (Å²) in [6, 6.07) is 12.9. The zero-order chi connectivity index (χ0) is 30.6. The molecule has 1 saturated heterocycles. The van der Waals surface area contributed by atoms with E-state index in [0.29, 0.717) is 33.7 Å². The molecule has 11 heteroatoms. The van der Waals surface area contributed by atoms with Crippen LogP contribution in [0.3, 0.4) is 0 Å². The lowest BCUT2D eigenvalue weighted by Crippen LogP contribution is -2.54. The van der Waals surface area contributed by atoms with E-state index in [1.54, 1.807) is 29.2 Å². The van der Waals surface area contributed by atoms with Crippen molar-refractivity contribution in [2.24, 2.45) is 5.41 Å². The Morgan fingerprint density at radius 1 is 1.09 bits per heavy atom. The lowest BCUT2D eigenvalue weighted by molar-refractivity contribution is 0.0138. The molecule has 2 spiro atoms. The molecule has 2 aliphatic carbocycles. The molecular formula is C33H35N7O4. The molecule has 2 saturated carbocycles. The van der Waals surface area contributed by atoms with E-state index in [1.807, 2.05) is 19.2 Å². The van der Waals surface area contributed by atoms with Gasteiger partial charge in [0.2, 0.25) is 11.8 Å². The van der Waals surface area contributed by atoms with Crippen molar-refractivity contribution in [2.75, 3.05) is 39.6 Å². The number of ether oxygens (including phenoxy) is 2. The number of carbonyl (C=O) groups is 2. The number of anilines is 2. The minimum absolute atomic E-state index is 0.0310. The van der Waals surface area contributed by atoms with Crippen LogP contribution >= 0.6 is 0 Å². The van der Waals surface area contributed by atoms with Crippen molar-refractivity contribution in [1.29, 1.82) is 5.26 Å². The number of piperidine rings is 1. The van der Waals surface area contributed by atoms with Gasteiger partial charge in [0.25, 0.3) is 11.8 Å². The maximum Gasteiger partial charge on any atom is 0.258 e. The van der Waals surface area contributed by atoms with Crippen LogP contribution in [0.25, 0.3) is 0 Å². The molecule has 1 aromatic heterocycles. The topological polar surface area (TPSA) is 133 Å². The summed E-state index contributed by atoms with van der Waals surface area (Å²) < 4.78 is 11.7. The number of likely N-dealkylation sites (tertiary alicyclic amines) is 1. The van der Waals surface area contributed by atoms with Crippen LogP contribution in [0.2, 0.25) is 0 Å². The molecule has 3 aromatic rings. The number of benzene rings is 2. The normalized spacial score (nSPS) is 19.7. The van der Waals surface area contributed by atoms with Crippen molar-refractivity contribution in [1.82, 2.24) is 25.1 Å². The van der Waals surface area contributed by atoms with Crippen LogP contribution < -0.4 is 20.1 Å². The second kappa shape index (κ2) is 10.5. The average molecular weight is 594 g/mol. The Bertz CT molecular complexity index is 1700. The van der Waals surface area contributed by atoms with Gasteiger partial charge in [0.1, 0.15) is 23.1 Å². The fourth-order valence-corrected chi connectivity index (χ4v) is 7.09. The van der Waals surface area contributed by atoms with Crippen molar-refractivity contribution < 1.29 is 19.1 Å². The highest BCUT2D eigenvalue weighted by Crippen LogP contribution is 2.57. The summed E-state index contributed by atoms with van der Waals surface area (Å²) in [5, 5.41) is 16.0. The smallest absolute Gasteiger partial charge is 0.258 e. The number of fused-ring (bicyclic) bond motifs is 2. The average Bonchev–Trinajstić information content (AvgIpc) is 3.79. The molecule has 2 aromatic carbocycles. The van der Waals surface area contributed by atoms with Crippen molar-refractivity contribution in [3.63, 3.8) is 0 Å². The molecule has 2 amide bonds. The highest BCUT2D eigenvalue weighted by atomic mass is 16.5. The Morgan fingerprint density at radius 2 is 1.86 bits per heavy atom. The fraction of sp³-hybridized carbons (Fsp3) is 0.424. The molecule has 0 unspecified atom stereocenters. The van der Waals surface area contributed by atoms with Crippen molar-refractivity contribution in [3.8, 4) is 23.4 Å². The summed E-state index contributed by atoms with van der Waals surface area (Å²) >= 11 is 0. The van der Waals surface area contributed by atoms with Crippen LogP contribution in [0.5, 0.6) is 17.4 Å². The first-order valence-electron chi connectivity index (χ1n) is 15.1. The standard InChI is InChI=1S/C33H35N7O4/c1-39-13-11-32(12-14-39)16-22(17-32)36-28(41)20-7-8-24(26(15-20)43-3)37-31-35-19-21(18-34)29(38-31)44-25-6-4-5-23-27(25)30(42)40(2)33(23)9-10-33/h4-8,15,19,22H,9-14,16-17H2,1-3H3,(H,36,41)(H,35,37,38). The van der Waals surface area contributed by atoms with Gasteiger partial charge in [-0.15, -0.1) is 0 Å². The van der Waals surface area contributed by atoms with Gasteiger partial charge in [-0.05, 0) is 93.9 Å². The van der Waals surface area contributed by atoms with Gasteiger partial charge < -0.3 is 29.9 Å². The van der Waals surface area contributed by atoms with Gasteiger partial charge in [-0.25, -0.2) is 4.98 Å². The summed E-state index contributed by atoms with van der Waals surface area (Å²) in [5.41, 5.74) is 2.75. The third kappa shape index (κ3) is 4.70. The number of hydrogen-bond acceptors (Lipinski definition) is 9. The molecule has 4 aliphatic rings. The molecule has 0 atom stereocenters. The Morgan fingerprint density at radius 3 is 2.57 bits per heavy atom. The maximum atomic E-state index is 13.1. The zero-order valence-corrected chi connectivity index (χ0v) is 25.1. The quantitative estimate of drug-likeness (QED) is 0.404. The number of rotatable bonds is 7. The molecule has 3 fully saturated rings. The molecule has 3 heterocycles. The van der Waals surface area contributed by atoms with E-state index in [1.165, 1.54) is 26.1 Å². The molecular weight excluding hydrogens is 558 g/mol. The van der Waals surface area contributed by atoms with Crippen LogP contribution in [-0.4, -0.2) is 71.9 Å². The van der Waals surface area contributed by atoms with E-state index in [2.05, 4.69) is 38.6 Å². The molecule has 7 rings (SSSR count). The summed E-state index contributed by atoms with van der Waals surface area (Å²) in [7, 11) is 5.51. The van der Waals surface area contributed by atoms with E-state index in [-0.39, 0.29) is 40.8 Å². The lowest BCUT2D eigenvalue weighted by atomic mass is 9.60. The van der Waals surface area contributed by atoms with Crippen molar-refractivity contribution in [3.05, 3.63) is 64.8 Å². The number of methoxy groups -OCH3 is 1. The van der Waals surface area contributed by atoms with Gasteiger partial charge in [0.05, 0.1) is 30.1 Å². The molecule has 2 aliphatic heterocycles. The Balaban J connectivity index is 1.06. The zero-order valence-electron chi connectivity index (χ0n) is 25.1. The highest BCUT2D eigenvalue weighted by molar-refractivity contribution is 6.03. The Kier molecular flexibility index (Phi) is 6.70. The summed E-state index contributed by atoms with van der Waals surface area (Å²) in [6.45, 7) is 2.24. The number of nitrogens with one attached hydrogen (secondary N) is 2. The number of nitrogens with zero attached hydrogens (tertiary/aromatic N) is 5. The third-order valence-electron chi connectivity index (χ3n) is 9.94. The molecule has 11 nitrogen and oxygen atoms in total. The lowest BCUT2D eigenvalue weighted by Gasteiger charge is -2.52. The summed E-state index contributed by atoms with van der Waals surface area (Å²) in [4.78, 5) is 39.1. The van der Waals surface area contributed by atoms with Gasteiger partial charge in [0, 0.05) is 18.7 Å². The van der Waals surface area contributed by atoms with Crippen LogP contribution in [0.4, 0.5) is 11.6 Å². The maximum absolute atomic E-state index is 13.1. The number of carbonyl (C=O) groups excluding carboxylic acids is 2. The Hall–Kier alpha value is -4.69. The second-order valence-electron chi connectivity index (χ2n) is 12.6. The SMILES string of the molecule is COc1cc(C(=O)NC2CC3(CCN(C)CC3)C2)ccc1Nc1ncc(C#N)c(Oc2cccc3c2C(=O)N(C)C32CC2)n1. The monoisotopic (exact) mass is 593 g/mol. The van der Waals surface area contributed by atoms with Gasteiger partial charge in [-0.1, -0.05) is 12.1 Å². The van der Waals surface area contributed by atoms with E-state index >= 15 is 0 Å².